The maximum atomic E-state index is 14.3. The zero-order valence-corrected chi connectivity index (χ0v) is 79.3. The number of nitrogens with one attached hydrogen (secondary N) is 20. The van der Waals surface area contributed by atoms with Gasteiger partial charge in [0.15, 0.2) is 0 Å². The van der Waals surface area contributed by atoms with Gasteiger partial charge in [-0.15, -0.1) is 0 Å². The van der Waals surface area contributed by atoms with Gasteiger partial charge in [-0.3, -0.25) is 110 Å². The van der Waals surface area contributed by atoms with E-state index in [0.717, 1.165) is 25.7 Å². The van der Waals surface area contributed by atoms with Gasteiger partial charge in [-0.25, -0.2) is 9.78 Å². The Labute approximate surface area is 820 Å². The van der Waals surface area contributed by atoms with Gasteiger partial charge in [0, 0.05) is 44.1 Å². The van der Waals surface area contributed by atoms with Gasteiger partial charge in [-0.2, -0.15) is 0 Å². The minimum atomic E-state index is -2.17. The number of carbonyl (C=O) groups is 24. The van der Waals surface area contributed by atoms with Crippen molar-refractivity contribution in [3.63, 3.8) is 0 Å². The number of imidazole rings is 1. The number of hydrogen-bond acceptors (Lipinski definition) is 36. The predicted molar refractivity (Wildman–Crippen MR) is 486 cm³/mol. The number of rotatable bonds is 64. The number of primary amides is 2. The van der Waals surface area contributed by atoms with Gasteiger partial charge in [-0.05, 0) is 63.9 Å². The highest BCUT2D eigenvalue weighted by Gasteiger charge is 2.44. The molecule has 802 valence electrons. The average molecular weight is 2050 g/mol. The van der Waals surface area contributed by atoms with Crippen molar-refractivity contribution in [2.75, 3.05) is 72.6 Å². The molecular formula is C83H129N25O36. The first-order valence-corrected chi connectivity index (χ1v) is 44.8. The molecule has 1 aromatic carbocycles. The quantitative estimate of drug-likeness (QED) is 0.0292. The fourth-order valence-electron chi connectivity index (χ4n) is 13.2. The van der Waals surface area contributed by atoms with E-state index in [2.05, 4.69) is 100 Å². The van der Waals surface area contributed by atoms with Crippen molar-refractivity contribution in [3.05, 3.63) is 54.1 Å². The summed E-state index contributed by atoms with van der Waals surface area (Å²) < 4.78 is 0. The van der Waals surface area contributed by atoms with Gasteiger partial charge >= 0.3 is 11.9 Å². The molecule has 21 atom stereocenters. The summed E-state index contributed by atoms with van der Waals surface area (Å²) in [7, 11) is 0. The predicted octanol–water partition coefficient (Wildman–Crippen LogP) is -19.9. The number of nitrogens with zero attached hydrogens (tertiary/aromatic N) is 2. The summed E-state index contributed by atoms with van der Waals surface area (Å²) in [6.45, 7) is -2.74. The fraction of sp³-hybridized carbons (Fsp3) is 0.602. The number of aromatic amines is 1. The first-order valence-electron chi connectivity index (χ1n) is 44.8. The largest absolute Gasteiger partial charge is 0.481 e. The molecule has 144 heavy (non-hydrogen) atoms. The summed E-state index contributed by atoms with van der Waals surface area (Å²) >= 11 is 0. The molecule has 0 bridgehead atoms. The van der Waals surface area contributed by atoms with Gasteiger partial charge in [0.25, 0.3) is 0 Å². The van der Waals surface area contributed by atoms with Crippen LogP contribution in [0.3, 0.4) is 0 Å². The van der Waals surface area contributed by atoms with Crippen LogP contribution in [0, 0.1) is 11.8 Å². The monoisotopic (exact) mass is 2050 g/mol. The fourth-order valence-corrected chi connectivity index (χ4v) is 13.2. The van der Waals surface area contributed by atoms with Crippen molar-refractivity contribution in [2.45, 2.75) is 233 Å². The van der Waals surface area contributed by atoms with E-state index in [1.54, 1.807) is 19.9 Å². The van der Waals surface area contributed by atoms with E-state index in [1.807, 2.05) is 10.6 Å². The molecule has 61 heteroatoms. The zero-order chi connectivity index (χ0) is 109. The smallest absolute Gasteiger partial charge is 0.328 e. The zero-order valence-electron chi connectivity index (χ0n) is 79.3. The second kappa shape index (κ2) is 61.9. The number of likely N-dealkylation sites (tertiary alicyclic amines) is 1. The maximum Gasteiger partial charge on any atom is 0.328 e. The Morgan fingerprint density at radius 3 is 1.03 bits per heavy atom. The average Bonchev–Trinajstić information content (AvgIpc) is 1.68. The Morgan fingerprint density at radius 1 is 0.354 bits per heavy atom. The van der Waals surface area contributed by atoms with Gasteiger partial charge in [0.2, 0.25) is 130 Å². The maximum absolute atomic E-state index is 14.3. The molecule has 2 aromatic rings. The summed E-state index contributed by atoms with van der Waals surface area (Å²) in [5, 5.41) is 161. The standard InChI is InChI=1S/C83H129N25O36/c1-35(2)61(86)80(140)103-52(29-114)75(135)101-54(31-116)78(138)107-62(36(3)4)81(141)104-53(30-115)76(136)99-47(24-109)71(131)93-43(16-18-59(85)120)67(127)94-44(20-40-12-9-8-10-13-40)69(129)97-48(25-110)73(133)96-46(22-60(121)122)68(128)91-37(5)63(123)89-38(6)64(124)92-42(15-17-58(84)119)66(126)90-39(7)65(125)105-55(32-117)82(142)108-19-11-14-57(108)79(139)102-51(28-113)74(134)100-49(26-111)72(132)95-45(21-41-23-87-34-88-41)70(130)98-50(27-112)77(137)106-56(33-118)83(143)144/h8-10,12-13,23,34-39,42-57,61-62,109-118H,11,14-22,24-33,86H2,1-7H3,(H2,84,119)(H2,85,120)(H,87,88)(H,89,123)(H,90,126)(H,91,128)(H,92,124)(H,93,131)(H,94,127)(H,95,132)(H,96,133)(H,97,129)(H,98,130)(H,99,136)(H,100,134)(H,101,135)(H,102,139)(H,103,140)(H,104,141)(H,105,125)(H,106,137)(H,107,138)(H,121,122)(H,143,144)/t37-,38-,39-,42-,43-,44-,45-,46-,47-,48-,49-,50-,51-,52-,53-,54-,55-,56-,57-,61-,62-/m0/s1. The van der Waals surface area contributed by atoms with Crippen molar-refractivity contribution in [2.24, 2.45) is 29.0 Å². The van der Waals surface area contributed by atoms with Crippen molar-refractivity contribution >= 4 is 142 Å². The number of H-pyrrole nitrogens is 1. The summed E-state index contributed by atoms with van der Waals surface area (Å²) in [6.07, 6.45) is -2.34. The molecule has 1 aliphatic rings. The number of aliphatic carboxylic acids is 2. The molecule has 1 fully saturated rings. The van der Waals surface area contributed by atoms with Crippen molar-refractivity contribution in [3.8, 4) is 0 Å². The minimum Gasteiger partial charge on any atom is -0.481 e. The van der Waals surface area contributed by atoms with Crippen LogP contribution in [0.1, 0.15) is 105 Å². The van der Waals surface area contributed by atoms with Gasteiger partial charge in [0.1, 0.15) is 121 Å². The molecule has 1 saturated heterocycles. The second-order valence-corrected chi connectivity index (χ2v) is 33.5. The molecule has 1 aliphatic heterocycles. The van der Waals surface area contributed by atoms with E-state index in [4.69, 9.17) is 17.2 Å². The van der Waals surface area contributed by atoms with Crippen LogP contribution in [0.2, 0.25) is 0 Å². The normalized spacial score (nSPS) is 16.4. The minimum absolute atomic E-state index is 0.0908. The number of carboxylic acid groups (broad SMARTS) is 2. The lowest BCUT2D eigenvalue weighted by Gasteiger charge is -2.30. The molecule has 0 aliphatic carbocycles. The third-order valence-corrected chi connectivity index (χ3v) is 21.6. The first-order chi connectivity index (χ1) is 67.8. The van der Waals surface area contributed by atoms with E-state index in [9.17, 15) is 176 Å². The van der Waals surface area contributed by atoms with Crippen LogP contribution in [0.5, 0.6) is 0 Å². The molecule has 0 unspecified atom stereocenters. The summed E-state index contributed by atoms with van der Waals surface area (Å²) in [4.78, 5) is 328. The number of aliphatic hydroxyl groups is 10. The van der Waals surface area contributed by atoms with Crippen LogP contribution in [-0.2, 0) is 128 Å². The van der Waals surface area contributed by atoms with Crippen LogP contribution in [0.25, 0.3) is 0 Å². The SMILES string of the molecule is CC(C)[C@H](N)C(=O)N[C@@H](CO)C(=O)N[C@@H](CO)C(=O)N[C@H](C(=O)N[C@@H](CO)C(=O)N[C@@H](CO)C(=O)N[C@@H](CCC(N)=O)C(=O)N[C@@H](Cc1ccccc1)C(=O)N[C@@H](CO)C(=O)N[C@@H](CC(=O)O)C(=O)N[C@@H](C)C(=O)N[C@@H](C)C(=O)N[C@@H](CCC(N)=O)C(=O)N[C@@H](C)C(=O)N[C@@H](CO)C(=O)N1CCC[C@H]1C(=O)N[C@@H](CO)C(=O)N[C@@H](CO)C(=O)N[C@@H](Cc1cnc[nH]1)C(=O)N[C@@H](CO)C(=O)N[C@@H](CO)C(=O)O)C(C)C. The highest BCUT2D eigenvalue weighted by Crippen LogP contribution is 2.20. The summed E-state index contributed by atoms with van der Waals surface area (Å²) in [6, 6.07) is -30.4. The Bertz CT molecular complexity index is 4790. The molecule has 61 nitrogen and oxygen atoms in total. The van der Waals surface area contributed by atoms with Crippen molar-refractivity contribution < 1.29 is 176 Å². The Morgan fingerprint density at radius 2 is 0.660 bits per heavy atom. The Balaban J connectivity index is 1.72. The number of amides is 22. The first kappa shape index (κ1) is 123. The Hall–Kier alpha value is -14.7. The van der Waals surface area contributed by atoms with Gasteiger partial charge < -0.3 is 189 Å². The number of benzene rings is 1. The third kappa shape index (κ3) is 40.3. The number of nitrogens with two attached hydrogens (primary N) is 3. The number of aromatic nitrogens is 2. The lowest BCUT2D eigenvalue weighted by molar-refractivity contribution is -0.143. The van der Waals surface area contributed by atoms with Crippen molar-refractivity contribution in [1.82, 2.24) is 116 Å². The van der Waals surface area contributed by atoms with Crippen LogP contribution < -0.4 is 118 Å². The lowest BCUT2D eigenvalue weighted by Crippen LogP contribution is -2.62. The second-order valence-electron chi connectivity index (χ2n) is 33.5. The third-order valence-electron chi connectivity index (χ3n) is 21.6. The molecular weight excluding hydrogens is 1920 g/mol. The molecule has 0 spiro atoms. The molecule has 0 radical (unpaired) electrons. The molecule has 38 N–H and O–H groups in total. The van der Waals surface area contributed by atoms with E-state index in [-0.39, 0.29) is 25.1 Å². The number of carbonyl (C=O) groups excluding carboxylic acids is 22. The molecule has 1 aromatic heterocycles. The van der Waals surface area contributed by atoms with Gasteiger partial charge in [0.05, 0.1) is 84.9 Å². The Kier molecular flexibility index (Phi) is 53.0. The number of carboxylic acids is 2. The van der Waals surface area contributed by atoms with Crippen LogP contribution >= 0.6 is 0 Å². The molecule has 2 heterocycles. The van der Waals surface area contributed by atoms with Gasteiger partial charge in [-0.1, -0.05) is 58.0 Å². The van der Waals surface area contributed by atoms with Crippen LogP contribution in [0.15, 0.2) is 42.9 Å². The number of hydrogen-bond donors (Lipinski definition) is 35. The molecule has 22 amide bonds. The van der Waals surface area contributed by atoms with Crippen LogP contribution in [-0.4, -0.2) is 418 Å². The van der Waals surface area contributed by atoms with Crippen molar-refractivity contribution in [1.29, 1.82) is 0 Å². The highest BCUT2D eigenvalue weighted by atomic mass is 16.4. The highest BCUT2D eigenvalue weighted by molar-refractivity contribution is 6.03. The van der Waals surface area contributed by atoms with E-state index < -0.39 is 392 Å². The van der Waals surface area contributed by atoms with Crippen LogP contribution in [0.4, 0.5) is 0 Å². The van der Waals surface area contributed by atoms with E-state index in [0.29, 0.717) is 5.56 Å². The van der Waals surface area contributed by atoms with E-state index in [1.165, 1.54) is 50.6 Å². The lowest BCUT2D eigenvalue weighted by atomic mass is 10.0. The molecule has 0 saturated carbocycles. The van der Waals surface area contributed by atoms with E-state index >= 15 is 0 Å². The topological polar surface area (TPSA) is 991 Å². The molecule has 3 rings (SSSR count). The number of aliphatic hydroxyl groups excluding tert-OH is 10. The summed E-state index contributed by atoms with van der Waals surface area (Å²) in [5.74, 6) is -31.5. The summed E-state index contributed by atoms with van der Waals surface area (Å²) in [5.41, 5.74) is 17.0.